The number of hydrogen-bond acceptors (Lipinski definition) is 3. The minimum Gasteiger partial charge on any atom is -0.481 e. The first-order valence-electron chi connectivity index (χ1n) is 6.34. The smallest absolute Gasteiger partial charge is 0.308 e. The van der Waals surface area contributed by atoms with Gasteiger partial charge in [0.25, 0.3) is 0 Å². The van der Waals surface area contributed by atoms with Gasteiger partial charge in [0.1, 0.15) is 0 Å². The van der Waals surface area contributed by atoms with Crippen molar-refractivity contribution in [2.24, 2.45) is 17.8 Å². The van der Waals surface area contributed by atoms with Crippen LogP contribution in [0.4, 0.5) is 0 Å². The number of hydrogen-bond donors (Lipinski definition) is 2. The van der Waals surface area contributed by atoms with E-state index in [2.05, 4.69) is 32.7 Å². The van der Waals surface area contributed by atoms with E-state index in [1.807, 2.05) is 0 Å². The van der Waals surface area contributed by atoms with Crippen LogP contribution in [0.2, 0.25) is 0 Å². The summed E-state index contributed by atoms with van der Waals surface area (Å²) in [5, 5.41) is 15.0. The van der Waals surface area contributed by atoms with Gasteiger partial charge in [-0.05, 0) is 64.0 Å². The van der Waals surface area contributed by atoms with Crippen LogP contribution in [0.1, 0.15) is 24.8 Å². The van der Waals surface area contributed by atoms with Crippen LogP contribution in [0.5, 0.6) is 0 Å². The van der Waals surface area contributed by atoms with E-state index >= 15 is 0 Å². The van der Waals surface area contributed by atoms with Gasteiger partial charge in [0.15, 0.2) is 0 Å². The molecule has 2 bridgehead atoms. The van der Waals surface area contributed by atoms with Gasteiger partial charge in [0, 0.05) is 12.6 Å². The van der Waals surface area contributed by atoms with Crippen LogP contribution in [-0.4, -0.2) is 17.1 Å². The van der Waals surface area contributed by atoms with Crippen molar-refractivity contribution in [2.75, 3.05) is 0 Å². The second-order valence-electron chi connectivity index (χ2n) is 5.36. The van der Waals surface area contributed by atoms with E-state index in [0.29, 0.717) is 11.8 Å². The van der Waals surface area contributed by atoms with E-state index in [0.717, 1.165) is 23.2 Å². The lowest BCUT2D eigenvalue weighted by Gasteiger charge is -2.28. The number of rotatable bonds is 4. The number of aliphatic carboxylic acids is 1. The average molecular weight is 330 g/mol. The van der Waals surface area contributed by atoms with Crippen molar-refractivity contribution in [3.8, 4) is 0 Å². The van der Waals surface area contributed by atoms with E-state index in [-0.39, 0.29) is 12.0 Å². The standard InChI is InChI=1S/C13H16BrNO2S/c14-10-3-7(6-18-10)5-15-12-9-2-1-8(4-9)11(12)13(16)17/h3,6,8-9,11-12,15H,1-2,4-5H2,(H,16,17). The summed E-state index contributed by atoms with van der Waals surface area (Å²) in [5.74, 6) is 0.175. The van der Waals surface area contributed by atoms with Gasteiger partial charge in [-0.3, -0.25) is 4.79 Å². The highest BCUT2D eigenvalue weighted by atomic mass is 79.9. The van der Waals surface area contributed by atoms with Crippen molar-refractivity contribution in [3.05, 3.63) is 20.8 Å². The Morgan fingerprint density at radius 2 is 2.28 bits per heavy atom. The van der Waals surface area contributed by atoms with E-state index in [1.54, 1.807) is 11.3 Å². The fourth-order valence-corrected chi connectivity index (χ4v) is 4.82. The van der Waals surface area contributed by atoms with Gasteiger partial charge in [-0.15, -0.1) is 11.3 Å². The zero-order valence-corrected chi connectivity index (χ0v) is 12.3. The molecule has 2 aliphatic carbocycles. The summed E-state index contributed by atoms with van der Waals surface area (Å²) in [4.78, 5) is 11.4. The lowest BCUT2D eigenvalue weighted by atomic mass is 9.84. The number of halogens is 1. The van der Waals surface area contributed by atoms with E-state index < -0.39 is 5.97 Å². The number of nitrogens with one attached hydrogen (secondary N) is 1. The van der Waals surface area contributed by atoms with Crippen molar-refractivity contribution in [1.29, 1.82) is 0 Å². The molecule has 2 aliphatic rings. The summed E-state index contributed by atoms with van der Waals surface area (Å²) in [5.41, 5.74) is 1.23. The minimum atomic E-state index is -0.619. The Morgan fingerprint density at radius 1 is 1.50 bits per heavy atom. The van der Waals surface area contributed by atoms with Crippen LogP contribution in [0.15, 0.2) is 15.2 Å². The highest BCUT2D eigenvalue weighted by Gasteiger charge is 2.50. The Bertz CT molecular complexity index is 462. The van der Waals surface area contributed by atoms with Crippen LogP contribution in [-0.2, 0) is 11.3 Å². The average Bonchev–Trinajstić information content (AvgIpc) is 3.00. The molecule has 2 fully saturated rings. The third-order valence-corrected chi connectivity index (χ3v) is 5.92. The molecule has 1 aromatic heterocycles. The Labute approximate surface area is 119 Å². The molecule has 5 heteroatoms. The first kappa shape index (κ1) is 12.6. The Hall–Kier alpha value is -0.390. The summed E-state index contributed by atoms with van der Waals surface area (Å²) < 4.78 is 1.13. The minimum absolute atomic E-state index is 0.167. The third-order valence-electron chi connectivity index (χ3n) is 4.37. The zero-order valence-electron chi connectivity index (χ0n) is 9.93. The third kappa shape index (κ3) is 2.24. The van der Waals surface area contributed by atoms with Gasteiger partial charge < -0.3 is 10.4 Å². The molecule has 0 aliphatic heterocycles. The Balaban J connectivity index is 1.66. The van der Waals surface area contributed by atoms with E-state index in [9.17, 15) is 9.90 Å². The second-order valence-corrected chi connectivity index (χ2v) is 7.65. The molecule has 3 rings (SSSR count). The summed E-state index contributed by atoms with van der Waals surface area (Å²) in [7, 11) is 0. The summed E-state index contributed by atoms with van der Waals surface area (Å²) in [6.07, 6.45) is 3.39. The van der Waals surface area contributed by atoms with Crippen LogP contribution in [0.25, 0.3) is 0 Å². The van der Waals surface area contributed by atoms with Crippen LogP contribution in [0, 0.1) is 17.8 Å². The summed E-state index contributed by atoms with van der Waals surface area (Å²) in [6.45, 7) is 0.778. The first-order chi connectivity index (χ1) is 8.65. The maximum Gasteiger partial charge on any atom is 0.308 e. The fraction of sp³-hybridized carbons (Fsp3) is 0.615. The maximum atomic E-state index is 11.4. The van der Waals surface area contributed by atoms with Crippen molar-refractivity contribution in [3.63, 3.8) is 0 Å². The molecule has 0 saturated heterocycles. The zero-order chi connectivity index (χ0) is 12.7. The molecule has 0 aromatic carbocycles. The largest absolute Gasteiger partial charge is 0.481 e. The molecule has 1 aromatic rings. The molecule has 18 heavy (non-hydrogen) atoms. The van der Waals surface area contributed by atoms with Gasteiger partial charge in [-0.1, -0.05) is 0 Å². The molecule has 4 atom stereocenters. The van der Waals surface area contributed by atoms with Gasteiger partial charge in [0.2, 0.25) is 0 Å². The number of carboxylic acid groups (broad SMARTS) is 1. The molecule has 1 heterocycles. The summed E-state index contributed by atoms with van der Waals surface area (Å²) >= 11 is 5.12. The highest BCUT2D eigenvalue weighted by molar-refractivity contribution is 9.11. The van der Waals surface area contributed by atoms with Crippen LogP contribution in [0.3, 0.4) is 0 Å². The molecule has 0 radical (unpaired) electrons. The van der Waals surface area contributed by atoms with Crippen molar-refractivity contribution >= 4 is 33.2 Å². The lowest BCUT2D eigenvalue weighted by Crippen LogP contribution is -2.43. The molecular weight excluding hydrogens is 314 g/mol. The second kappa shape index (κ2) is 4.94. The monoisotopic (exact) mass is 329 g/mol. The molecule has 2 N–H and O–H groups in total. The summed E-state index contributed by atoms with van der Waals surface area (Å²) in [6, 6.07) is 2.26. The van der Waals surface area contributed by atoms with Crippen LogP contribution >= 0.6 is 27.3 Å². The molecule has 3 nitrogen and oxygen atoms in total. The van der Waals surface area contributed by atoms with Crippen molar-refractivity contribution in [2.45, 2.75) is 31.8 Å². The molecule has 98 valence electrons. The van der Waals surface area contributed by atoms with E-state index in [1.165, 1.54) is 12.0 Å². The SMILES string of the molecule is O=C(O)C1C2CCC(C2)C1NCc1csc(Br)c1. The quantitative estimate of drug-likeness (QED) is 0.892. The van der Waals surface area contributed by atoms with Gasteiger partial charge >= 0.3 is 5.97 Å². The topological polar surface area (TPSA) is 49.3 Å². The van der Waals surface area contributed by atoms with Gasteiger partial charge in [-0.2, -0.15) is 0 Å². The number of thiophene rings is 1. The normalized spacial score (nSPS) is 34.1. The van der Waals surface area contributed by atoms with Crippen molar-refractivity contribution < 1.29 is 9.90 Å². The fourth-order valence-electron chi connectivity index (χ4n) is 3.61. The number of fused-ring (bicyclic) bond motifs is 2. The lowest BCUT2D eigenvalue weighted by molar-refractivity contribution is -0.144. The molecule has 0 amide bonds. The van der Waals surface area contributed by atoms with Crippen LogP contribution < -0.4 is 5.32 Å². The molecule has 4 unspecified atom stereocenters. The first-order valence-corrected chi connectivity index (χ1v) is 8.01. The number of carbonyl (C=O) groups is 1. The number of carboxylic acids is 1. The Kier molecular flexibility index (Phi) is 3.47. The van der Waals surface area contributed by atoms with Gasteiger partial charge in [0.05, 0.1) is 9.70 Å². The molecule has 2 saturated carbocycles. The highest BCUT2D eigenvalue weighted by Crippen LogP contribution is 2.48. The molecule has 0 spiro atoms. The predicted molar refractivity (Wildman–Crippen MR) is 74.6 cm³/mol. The van der Waals surface area contributed by atoms with E-state index in [4.69, 9.17) is 0 Å². The molecular formula is C13H16BrNO2S. The van der Waals surface area contributed by atoms with Crippen molar-refractivity contribution in [1.82, 2.24) is 5.32 Å². The maximum absolute atomic E-state index is 11.4. The predicted octanol–water partition coefficient (Wildman–Crippen LogP) is 3.10. The van der Waals surface area contributed by atoms with Gasteiger partial charge in [-0.25, -0.2) is 0 Å². The Morgan fingerprint density at radius 3 is 2.94 bits per heavy atom.